The number of benzene rings is 1. The summed E-state index contributed by atoms with van der Waals surface area (Å²) in [6, 6.07) is 10.7. The van der Waals surface area contributed by atoms with Gasteiger partial charge in [0, 0.05) is 37.8 Å². The van der Waals surface area contributed by atoms with Crippen molar-refractivity contribution in [3.63, 3.8) is 0 Å². The number of ether oxygens (including phenoxy) is 2. The molecule has 1 aliphatic heterocycles. The highest BCUT2D eigenvalue weighted by molar-refractivity contribution is 8.00. The lowest BCUT2D eigenvalue weighted by molar-refractivity contribution is -0.123. The minimum atomic E-state index is -0.360. The van der Waals surface area contributed by atoms with Crippen LogP contribution in [0.2, 0.25) is 0 Å². The van der Waals surface area contributed by atoms with Crippen LogP contribution in [0.3, 0.4) is 0 Å². The van der Waals surface area contributed by atoms with Crippen molar-refractivity contribution in [3.05, 3.63) is 59.9 Å². The van der Waals surface area contributed by atoms with Crippen LogP contribution in [0.15, 0.2) is 48.8 Å². The second-order valence-corrected chi connectivity index (χ2v) is 8.07. The Morgan fingerprint density at radius 2 is 2.13 bits per heavy atom. The third-order valence-corrected chi connectivity index (χ3v) is 5.81. The molecule has 2 N–H and O–H groups in total. The van der Waals surface area contributed by atoms with Crippen molar-refractivity contribution in [2.24, 2.45) is 5.92 Å². The van der Waals surface area contributed by atoms with Crippen LogP contribution in [0.4, 0.5) is 0 Å². The second kappa shape index (κ2) is 11.7. The maximum absolute atomic E-state index is 12.9. The fraction of sp³-hybridized carbons (Fsp3) is 0.409. The Balaban J connectivity index is 1.57. The molecule has 0 bridgehead atoms. The fourth-order valence-electron chi connectivity index (χ4n) is 3.06. The van der Waals surface area contributed by atoms with E-state index in [4.69, 9.17) is 9.47 Å². The lowest BCUT2D eigenvalue weighted by Gasteiger charge is -2.20. The quantitative estimate of drug-likeness (QED) is 0.526. The van der Waals surface area contributed by atoms with Crippen LogP contribution in [0.25, 0.3) is 0 Å². The minimum absolute atomic E-state index is 0.138. The zero-order valence-corrected chi connectivity index (χ0v) is 17.8. The first-order chi connectivity index (χ1) is 14.7. The maximum atomic E-state index is 12.9. The molecule has 1 saturated heterocycles. The molecular weight excluding hydrogens is 402 g/mol. The van der Waals surface area contributed by atoms with E-state index in [0.29, 0.717) is 31.0 Å². The molecule has 160 valence electrons. The molecule has 8 heteroatoms. The monoisotopic (exact) mass is 429 g/mol. The number of aromatic nitrogens is 1. The molecule has 0 radical (unpaired) electrons. The fourth-order valence-corrected chi connectivity index (χ4v) is 4.12. The van der Waals surface area contributed by atoms with Gasteiger partial charge in [-0.05, 0) is 42.8 Å². The lowest BCUT2D eigenvalue weighted by Crippen LogP contribution is -2.41. The van der Waals surface area contributed by atoms with E-state index in [-0.39, 0.29) is 29.7 Å². The normalized spacial score (nSPS) is 16.8. The van der Waals surface area contributed by atoms with Crippen molar-refractivity contribution < 1.29 is 19.1 Å². The first-order valence-corrected chi connectivity index (χ1v) is 11.1. The second-order valence-electron chi connectivity index (χ2n) is 6.85. The average molecular weight is 430 g/mol. The Labute approximate surface area is 180 Å². The number of hydrogen-bond donors (Lipinski definition) is 2. The molecule has 0 amide bonds. The van der Waals surface area contributed by atoms with Gasteiger partial charge in [-0.25, -0.2) is 4.79 Å². The van der Waals surface area contributed by atoms with E-state index in [9.17, 15) is 9.59 Å². The van der Waals surface area contributed by atoms with Crippen molar-refractivity contribution in [2.75, 3.05) is 32.1 Å². The zero-order chi connectivity index (χ0) is 21.2. The van der Waals surface area contributed by atoms with Gasteiger partial charge in [-0.1, -0.05) is 6.07 Å². The van der Waals surface area contributed by atoms with E-state index >= 15 is 0 Å². The summed E-state index contributed by atoms with van der Waals surface area (Å²) < 4.78 is 10.9. The number of Topliss-reactive ketones (excluding diaryl/α,β-unsaturated/α-hetero) is 1. The molecule has 7 nitrogen and oxygen atoms in total. The molecule has 0 aliphatic carbocycles. The van der Waals surface area contributed by atoms with Gasteiger partial charge in [0.05, 0.1) is 24.7 Å². The number of esters is 1. The molecule has 3 rings (SSSR count). The maximum Gasteiger partial charge on any atom is 0.338 e. The predicted octanol–water partition coefficient (Wildman–Crippen LogP) is 2.27. The van der Waals surface area contributed by atoms with Crippen LogP contribution in [0.5, 0.6) is 5.75 Å². The Hall–Kier alpha value is -2.42. The SMILES string of the molecule is CCOC(=O)c1ccc(OCC(CNCc2cccnc2)C(=O)C2NCCS2)cc1. The van der Waals surface area contributed by atoms with Crippen LogP contribution in [0, 0.1) is 5.92 Å². The van der Waals surface area contributed by atoms with Crippen LogP contribution in [-0.2, 0) is 16.1 Å². The standard InChI is InChI=1S/C22H27N3O4S/c1-2-28-22(27)17-5-7-19(8-6-17)29-15-18(20(26)21-25-10-11-30-21)14-24-13-16-4-3-9-23-12-16/h3-9,12,18,21,24-25H,2,10-11,13-15H2,1H3. The minimum Gasteiger partial charge on any atom is -0.493 e. The van der Waals surface area contributed by atoms with E-state index in [0.717, 1.165) is 17.9 Å². The molecule has 2 unspecified atom stereocenters. The number of carbonyl (C=O) groups is 2. The number of nitrogens with one attached hydrogen (secondary N) is 2. The number of ketones is 1. The van der Waals surface area contributed by atoms with Gasteiger partial charge in [-0.2, -0.15) is 0 Å². The highest BCUT2D eigenvalue weighted by Gasteiger charge is 2.30. The van der Waals surface area contributed by atoms with Crippen LogP contribution in [0.1, 0.15) is 22.8 Å². The van der Waals surface area contributed by atoms with E-state index in [1.54, 1.807) is 55.3 Å². The van der Waals surface area contributed by atoms with Crippen LogP contribution in [-0.4, -0.2) is 54.2 Å². The van der Waals surface area contributed by atoms with Crippen LogP contribution >= 0.6 is 11.8 Å². The first-order valence-electron chi connectivity index (χ1n) is 10.1. The van der Waals surface area contributed by atoms with Gasteiger partial charge in [-0.15, -0.1) is 11.8 Å². The first kappa shape index (κ1) is 22.3. The van der Waals surface area contributed by atoms with Crippen LogP contribution < -0.4 is 15.4 Å². The molecule has 30 heavy (non-hydrogen) atoms. The van der Waals surface area contributed by atoms with Gasteiger partial charge < -0.3 is 14.8 Å². The summed E-state index contributed by atoms with van der Waals surface area (Å²) >= 11 is 1.63. The molecule has 2 aromatic rings. The molecule has 1 fully saturated rings. The molecule has 2 heterocycles. The molecular formula is C22H27N3O4S. The number of hydrogen-bond acceptors (Lipinski definition) is 8. The molecule has 1 aromatic heterocycles. The van der Waals surface area contributed by atoms with Crippen molar-refractivity contribution in [3.8, 4) is 5.75 Å². The van der Waals surface area contributed by atoms with E-state index < -0.39 is 0 Å². The van der Waals surface area contributed by atoms with Gasteiger partial charge in [0.2, 0.25) is 0 Å². The van der Waals surface area contributed by atoms with Gasteiger partial charge in [0.25, 0.3) is 0 Å². The predicted molar refractivity (Wildman–Crippen MR) is 117 cm³/mol. The molecule has 1 aliphatic rings. The summed E-state index contributed by atoms with van der Waals surface area (Å²) in [6.07, 6.45) is 3.54. The summed E-state index contributed by atoms with van der Waals surface area (Å²) in [7, 11) is 0. The molecule has 0 spiro atoms. The number of rotatable bonds is 11. The number of pyridine rings is 1. The molecule has 0 saturated carbocycles. The summed E-state index contributed by atoms with van der Waals surface area (Å²) in [6.45, 7) is 4.35. The Morgan fingerprint density at radius 1 is 1.30 bits per heavy atom. The molecule has 1 aromatic carbocycles. The van der Waals surface area contributed by atoms with E-state index in [1.807, 2.05) is 12.1 Å². The van der Waals surface area contributed by atoms with E-state index in [2.05, 4.69) is 15.6 Å². The smallest absolute Gasteiger partial charge is 0.338 e. The number of nitrogens with zero attached hydrogens (tertiary/aromatic N) is 1. The summed E-state index contributed by atoms with van der Waals surface area (Å²) in [5, 5.41) is 6.40. The Bertz CT molecular complexity index is 811. The van der Waals surface area contributed by atoms with Crippen molar-refractivity contribution in [1.82, 2.24) is 15.6 Å². The highest BCUT2D eigenvalue weighted by Crippen LogP contribution is 2.20. The topological polar surface area (TPSA) is 89.6 Å². The zero-order valence-electron chi connectivity index (χ0n) is 17.0. The molecule has 2 atom stereocenters. The number of thioether (sulfide) groups is 1. The summed E-state index contributed by atoms with van der Waals surface area (Å²) in [5.74, 6) is 1.03. The van der Waals surface area contributed by atoms with Crippen molar-refractivity contribution >= 4 is 23.5 Å². The van der Waals surface area contributed by atoms with E-state index in [1.165, 1.54) is 0 Å². The highest BCUT2D eigenvalue weighted by atomic mass is 32.2. The average Bonchev–Trinajstić information content (AvgIpc) is 3.32. The Kier molecular flexibility index (Phi) is 8.67. The Morgan fingerprint density at radius 3 is 2.80 bits per heavy atom. The summed E-state index contributed by atoms with van der Waals surface area (Å²) in [4.78, 5) is 28.8. The summed E-state index contributed by atoms with van der Waals surface area (Å²) in [5.41, 5.74) is 1.54. The van der Waals surface area contributed by atoms with Gasteiger partial charge in [-0.3, -0.25) is 15.1 Å². The van der Waals surface area contributed by atoms with Gasteiger partial charge in [0.1, 0.15) is 11.1 Å². The largest absolute Gasteiger partial charge is 0.493 e. The lowest BCUT2D eigenvalue weighted by atomic mass is 10.0. The van der Waals surface area contributed by atoms with Gasteiger partial charge >= 0.3 is 5.97 Å². The third kappa shape index (κ3) is 6.55. The number of carbonyl (C=O) groups excluding carboxylic acids is 2. The van der Waals surface area contributed by atoms with Gasteiger partial charge in [0.15, 0.2) is 5.78 Å². The van der Waals surface area contributed by atoms with Crippen molar-refractivity contribution in [1.29, 1.82) is 0 Å². The third-order valence-electron chi connectivity index (χ3n) is 4.64. The van der Waals surface area contributed by atoms with Crippen molar-refractivity contribution in [2.45, 2.75) is 18.8 Å².